The van der Waals surface area contributed by atoms with Crippen LogP contribution in [0.4, 0.5) is 0 Å². The Bertz CT molecular complexity index is 1560. The molecule has 260 valence electrons. The van der Waals surface area contributed by atoms with E-state index in [1.165, 1.54) is 0 Å². The van der Waals surface area contributed by atoms with Gasteiger partial charge in [-0.25, -0.2) is 5.84 Å². The molecule has 5 atom stereocenters. The average Bonchev–Trinajstić information content (AvgIpc) is 3.65. The summed E-state index contributed by atoms with van der Waals surface area (Å²) < 4.78 is 33.4. The number of aromatic nitrogens is 1. The Balaban J connectivity index is 1.74. The maximum atomic E-state index is 13.7. The first-order chi connectivity index (χ1) is 22.0. The number of hydrogen-bond acceptors (Lipinski definition) is 9. The van der Waals surface area contributed by atoms with E-state index in [1.54, 1.807) is 20.0 Å². The summed E-state index contributed by atoms with van der Waals surface area (Å²) in [6.45, 7) is 7.18. The third-order valence-electron chi connectivity index (χ3n) is 8.01. The Kier molecular flexibility index (Phi) is 12.9. The van der Waals surface area contributed by atoms with E-state index in [9.17, 15) is 36.9 Å². The molecular formula is C30H46N8O8S. The summed E-state index contributed by atoms with van der Waals surface area (Å²) in [5.41, 5.74) is 9.74. The third kappa shape index (κ3) is 10.2. The zero-order valence-electron chi connectivity index (χ0n) is 27.0. The second-order valence-electron chi connectivity index (χ2n) is 12.6. The highest BCUT2D eigenvalue weighted by Gasteiger charge is 2.41. The molecule has 0 saturated carbocycles. The molecule has 1 aliphatic rings. The number of nitrogens with two attached hydrogens (primary N) is 2. The minimum absolute atomic E-state index is 0.0435. The second kappa shape index (κ2) is 16.2. The van der Waals surface area contributed by atoms with Gasteiger partial charge in [-0.1, -0.05) is 45.9 Å². The largest absolute Gasteiger partial charge is 0.361 e. The zero-order chi connectivity index (χ0) is 35.1. The number of nitrogens with zero attached hydrogens (tertiary/aromatic N) is 1. The Labute approximate surface area is 273 Å². The van der Waals surface area contributed by atoms with E-state index in [-0.39, 0.29) is 25.3 Å². The standard InChI is InChI=1S/C30H46N8O8S/c1-16(2)12-22(27(40)37-32)34-29(42)25(17(3)4)36-28(41)24-10-7-11-38(24)30(43)23(15-47(44,45)46)35-26(39)20(31)13-18-14-33-21-9-6-5-8-19(18)21/h5-6,8-9,14,16-17,20,22-25,33H,7,10-13,15,31-32H2,1-4H3,(H,34,42)(H,35,39)(H,36,41)(H,37,40)(H,44,45,46)/t20-,22+,23-,24+,25-/m1/s1. The van der Waals surface area contributed by atoms with Gasteiger partial charge in [-0.3, -0.25) is 34.0 Å². The van der Waals surface area contributed by atoms with Crippen molar-refractivity contribution in [3.05, 3.63) is 36.0 Å². The van der Waals surface area contributed by atoms with Gasteiger partial charge in [-0.05, 0) is 49.1 Å². The number of fused-ring (bicyclic) bond motifs is 1. The number of likely N-dealkylation sites (tertiary alicyclic amines) is 1. The first-order valence-electron chi connectivity index (χ1n) is 15.5. The van der Waals surface area contributed by atoms with E-state index in [0.717, 1.165) is 21.4 Å². The van der Waals surface area contributed by atoms with Crippen LogP contribution in [0.5, 0.6) is 0 Å². The molecule has 1 fully saturated rings. The molecule has 47 heavy (non-hydrogen) atoms. The van der Waals surface area contributed by atoms with Gasteiger partial charge < -0.3 is 31.6 Å². The molecule has 0 spiro atoms. The van der Waals surface area contributed by atoms with E-state index in [4.69, 9.17) is 11.6 Å². The SMILES string of the molecule is CC(C)C[C@H](NC(=O)[C@H](NC(=O)[C@@H]1CCCN1C(=O)[C@@H](CS(=O)(=O)O)NC(=O)[C@H](N)Cc1c[nH]c2ccccc12)C(C)C)C(=O)NN. The topological polar surface area (TPSA) is 259 Å². The lowest BCUT2D eigenvalue weighted by atomic mass is 9.99. The molecule has 1 saturated heterocycles. The maximum absolute atomic E-state index is 13.7. The van der Waals surface area contributed by atoms with Gasteiger partial charge in [0.05, 0.1) is 6.04 Å². The Morgan fingerprint density at radius 2 is 1.66 bits per heavy atom. The van der Waals surface area contributed by atoms with Gasteiger partial charge in [-0.15, -0.1) is 0 Å². The van der Waals surface area contributed by atoms with Gasteiger partial charge in [0.2, 0.25) is 23.6 Å². The highest BCUT2D eigenvalue weighted by Crippen LogP contribution is 2.21. The monoisotopic (exact) mass is 678 g/mol. The number of para-hydroxylation sites is 1. The molecule has 0 bridgehead atoms. The second-order valence-corrected chi connectivity index (χ2v) is 14.1. The van der Waals surface area contributed by atoms with Crippen LogP contribution < -0.4 is 33.0 Å². The number of hydrazine groups is 1. The number of benzene rings is 1. The van der Waals surface area contributed by atoms with Crippen molar-refractivity contribution >= 4 is 50.6 Å². The number of amides is 5. The molecule has 2 aromatic rings. The van der Waals surface area contributed by atoms with E-state index in [0.29, 0.717) is 12.8 Å². The van der Waals surface area contributed by atoms with E-state index < -0.39 is 81.5 Å². The summed E-state index contributed by atoms with van der Waals surface area (Å²) >= 11 is 0. The van der Waals surface area contributed by atoms with E-state index in [1.807, 2.05) is 43.5 Å². The molecule has 1 aromatic heterocycles. The number of nitrogens with one attached hydrogen (secondary N) is 5. The van der Waals surface area contributed by atoms with Crippen molar-refractivity contribution in [2.45, 2.75) is 83.6 Å². The summed E-state index contributed by atoms with van der Waals surface area (Å²) in [5.74, 6) is 0.129. The van der Waals surface area contributed by atoms with Crippen LogP contribution in [0.3, 0.4) is 0 Å². The number of carbonyl (C=O) groups excluding carboxylic acids is 5. The summed E-state index contributed by atoms with van der Waals surface area (Å²) in [5, 5.41) is 8.49. The lowest BCUT2D eigenvalue weighted by molar-refractivity contribution is -0.142. The molecule has 0 aliphatic carbocycles. The van der Waals surface area contributed by atoms with Gasteiger partial charge in [0.25, 0.3) is 16.0 Å². The summed E-state index contributed by atoms with van der Waals surface area (Å²) in [4.78, 5) is 69.9. The highest BCUT2D eigenvalue weighted by atomic mass is 32.2. The summed E-state index contributed by atoms with van der Waals surface area (Å²) in [6.07, 6.45) is 2.64. The van der Waals surface area contributed by atoms with Gasteiger partial charge in [0.1, 0.15) is 29.9 Å². The minimum atomic E-state index is -4.76. The molecule has 1 aliphatic heterocycles. The first kappa shape index (κ1) is 37.4. The molecule has 17 heteroatoms. The van der Waals surface area contributed by atoms with Crippen molar-refractivity contribution in [1.82, 2.24) is 31.3 Å². The Morgan fingerprint density at radius 3 is 2.28 bits per heavy atom. The average molecular weight is 679 g/mol. The van der Waals surface area contributed by atoms with E-state index >= 15 is 0 Å². The van der Waals surface area contributed by atoms with Crippen LogP contribution in [0.15, 0.2) is 30.5 Å². The fourth-order valence-electron chi connectivity index (χ4n) is 5.65. The van der Waals surface area contributed by atoms with Gasteiger partial charge >= 0.3 is 0 Å². The molecule has 3 rings (SSSR count). The molecule has 10 N–H and O–H groups in total. The van der Waals surface area contributed by atoms with E-state index in [2.05, 4.69) is 20.9 Å². The fourth-order valence-corrected chi connectivity index (χ4v) is 6.29. The number of hydrogen-bond donors (Lipinski definition) is 8. The van der Waals surface area contributed by atoms with Gasteiger partial charge in [0.15, 0.2) is 0 Å². The number of carbonyl (C=O) groups is 5. The normalized spacial score (nSPS) is 17.6. The Hall–Kier alpha value is -4.06. The quantitative estimate of drug-likeness (QED) is 0.0496. The number of rotatable bonds is 15. The van der Waals surface area contributed by atoms with Crippen molar-refractivity contribution in [1.29, 1.82) is 0 Å². The summed E-state index contributed by atoms with van der Waals surface area (Å²) in [7, 11) is -4.76. The third-order valence-corrected chi connectivity index (χ3v) is 8.77. The van der Waals surface area contributed by atoms with Crippen molar-refractivity contribution in [2.24, 2.45) is 23.4 Å². The Morgan fingerprint density at radius 1 is 1.00 bits per heavy atom. The van der Waals surface area contributed by atoms with Crippen LogP contribution in [-0.2, 0) is 40.5 Å². The van der Waals surface area contributed by atoms with Crippen molar-refractivity contribution < 1.29 is 36.9 Å². The molecule has 1 aromatic carbocycles. The molecule has 0 radical (unpaired) electrons. The van der Waals surface area contributed by atoms with Crippen molar-refractivity contribution in [3.8, 4) is 0 Å². The van der Waals surface area contributed by atoms with Crippen LogP contribution in [0.25, 0.3) is 10.9 Å². The van der Waals surface area contributed by atoms with Crippen LogP contribution in [0.1, 0.15) is 52.5 Å². The van der Waals surface area contributed by atoms with Gasteiger partial charge in [-0.2, -0.15) is 8.42 Å². The predicted molar refractivity (Wildman–Crippen MR) is 174 cm³/mol. The van der Waals surface area contributed by atoms with Crippen LogP contribution >= 0.6 is 0 Å². The number of aromatic amines is 1. The molecule has 16 nitrogen and oxygen atoms in total. The highest BCUT2D eigenvalue weighted by molar-refractivity contribution is 7.85. The predicted octanol–water partition coefficient (Wildman–Crippen LogP) is -0.937. The van der Waals surface area contributed by atoms with Crippen molar-refractivity contribution in [3.63, 3.8) is 0 Å². The lowest BCUT2D eigenvalue weighted by Gasteiger charge is -2.31. The summed E-state index contributed by atoms with van der Waals surface area (Å²) in [6, 6.07) is 1.34. The molecule has 0 unspecified atom stereocenters. The smallest absolute Gasteiger partial charge is 0.267 e. The number of H-pyrrole nitrogens is 1. The van der Waals surface area contributed by atoms with Crippen LogP contribution in [0, 0.1) is 11.8 Å². The molecular weight excluding hydrogens is 632 g/mol. The minimum Gasteiger partial charge on any atom is -0.361 e. The zero-order valence-corrected chi connectivity index (χ0v) is 27.8. The lowest BCUT2D eigenvalue weighted by Crippen LogP contribution is -2.60. The molecule has 2 heterocycles. The fraction of sp³-hybridized carbons (Fsp3) is 0.567. The van der Waals surface area contributed by atoms with Gasteiger partial charge in [0, 0.05) is 23.6 Å². The molecule has 5 amide bonds. The van der Waals surface area contributed by atoms with Crippen molar-refractivity contribution in [2.75, 3.05) is 12.3 Å². The van der Waals surface area contributed by atoms with Crippen LogP contribution in [0.2, 0.25) is 0 Å². The first-order valence-corrected chi connectivity index (χ1v) is 17.1. The maximum Gasteiger partial charge on any atom is 0.267 e. The van der Waals surface area contributed by atoms with Crippen LogP contribution in [-0.4, -0.2) is 94.9 Å².